The molecule has 1 heterocycles. The number of anilines is 1. The average molecular weight is 335 g/mol. The fourth-order valence-electron chi connectivity index (χ4n) is 2.72. The molecule has 0 bridgehead atoms. The third-order valence-electron chi connectivity index (χ3n) is 4.15. The van der Waals surface area contributed by atoms with E-state index in [1.807, 2.05) is 43.3 Å². The molecule has 0 fully saturated rings. The number of amides is 1. The van der Waals surface area contributed by atoms with Crippen molar-refractivity contribution in [1.29, 1.82) is 0 Å². The van der Waals surface area contributed by atoms with Crippen LogP contribution < -0.4 is 5.32 Å². The summed E-state index contributed by atoms with van der Waals surface area (Å²) in [5.74, 6) is -0.261. The van der Waals surface area contributed by atoms with Gasteiger partial charge in [0.15, 0.2) is 5.82 Å². The molecule has 25 heavy (non-hydrogen) atoms. The van der Waals surface area contributed by atoms with Gasteiger partial charge in [-0.25, -0.2) is 0 Å². The number of carbonyl (C=O) groups is 1. The van der Waals surface area contributed by atoms with Crippen LogP contribution in [-0.2, 0) is 17.6 Å². The summed E-state index contributed by atoms with van der Waals surface area (Å²) in [7, 11) is 0. The second-order valence-corrected chi connectivity index (χ2v) is 6.06. The van der Waals surface area contributed by atoms with Crippen LogP contribution in [0.15, 0.2) is 48.5 Å². The van der Waals surface area contributed by atoms with Gasteiger partial charge in [-0.3, -0.25) is 4.79 Å². The monoisotopic (exact) mass is 335 g/mol. The molecule has 0 aliphatic carbocycles. The minimum absolute atomic E-state index is 0.147. The molecule has 3 aromatic rings. The van der Waals surface area contributed by atoms with Crippen LogP contribution in [0.5, 0.6) is 0 Å². The Hall–Kier alpha value is -3.02. The summed E-state index contributed by atoms with van der Waals surface area (Å²) < 4.78 is 0. The number of benzene rings is 2. The molecular weight excluding hydrogens is 314 g/mol. The topological polar surface area (TPSA) is 83.6 Å². The summed E-state index contributed by atoms with van der Waals surface area (Å²) in [4.78, 5) is 12.8. The highest BCUT2D eigenvalue weighted by Crippen LogP contribution is 2.21. The predicted molar refractivity (Wildman–Crippen MR) is 96.3 cm³/mol. The maximum Gasteiger partial charge on any atom is 0.235 e. The first kappa shape index (κ1) is 16.8. The molecule has 1 amide bonds. The van der Waals surface area contributed by atoms with Crippen LogP contribution >= 0.6 is 0 Å². The van der Waals surface area contributed by atoms with Gasteiger partial charge in [0, 0.05) is 5.69 Å². The van der Waals surface area contributed by atoms with Crippen molar-refractivity contribution in [2.24, 2.45) is 0 Å². The molecule has 0 aliphatic heterocycles. The van der Waals surface area contributed by atoms with Gasteiger partial charge < -0.3 is 5.32 Å². The maximum atomic E-state index is 12.8. The SMILES string of the molecule is CCc1ccc(C[C@H](C(=O)Nc2cccc(C)c2)c2nn[nH]n2)cc1. The standard InChI is InChI=1S/C19H21N5O/c1-3-14-7-9-15(10-8-14)12-17(18-21-23-24-22-18)19(25)20-16-6-4-5-13(2)11-16/h4-11,17H,3,12H2,1-2H3,(H,20,25)(H,21,22,23,24)/t17-/m0/s1. The van der Waals surface area contributed by atoms with E-state index in [0.29, 0.717) is 12.2 Å². The Morgan fingerprint density at radius 2 is 1.92 bits per heavy atom. The zero-order valence-corrected chi connectivity index (χ0v) is 14.4. The van der Waals surface area contributed by atoms with Crippen LogP contribution in [0.4, 0.5) is 5.69 Å². The predicted octanol–water partition coefficient (Wildman–Crippen LogP) is 3.04. The molecule has 1 atom stereocenters. The van der Waals surface area contributed by atoms with E-state index in [0.717, 1.165) is 23.2 Å². The molecule has 0 radical (unpaired) electrons. The Morgan fingerprint density at radius 1 is 1.16 bits per heavy atom. The molecule has 2 aromatic carbocycles. The number of H-pyrrole nitrogens is 1. The van der Waals surface area contributed by atoms with Crippen molar-refractivity contribution in [2.75, 3.05) is 5.32 Å². The largest absolute Gasteiger partial charge is 0.325 e. The Balaban J connectivity index is 1.80. The Kier molecular flexibility index (Phi) is 5.18. The first-order chi connectivity index (χ1) is 12.2. The number of carbonyl (C=O) groups excluding carboxylic acids is 1. The minimum Gasteiger partial charge on any atom is -0.325 e. The van der Waals surface area contributed by atoms with Crippen LogP contribution in [0.1, 0.15) is 35.4 Å². The zero-order chi connectivity index (χ0) is 17.6. The van der Waals surface area contributed by atoms with Gasteiger partial charge in [0.2, 0.25) is 5.91 Å². The average Bonchev–Trinajstić information content (AvgIpc) is 3.14. The summed E-state index contributed by atoms with van der Waals surface area (Å²) in [5.41, 5.74) is 4.18. The number of nitrogens with zero attached hydrogens (tertiary/aromatic N) is 3. The molecule has 6 nitrogen and oxygen atoms in total. The van der Waals surface area contributed by atoms with Crippen LogP contribution in [0.25, 0.3) is 0 Å². The smallest absolute Gasteiger partial charge is 0.235 e. The quantitative estimate of drug-likeness (QED) is 0.725. The van der Waals surface area contributed by atoms with Gasteiger partial charge in [-0.1, -0.05) is 48.5 Å². The molecule has 6 heteroatoms. The van der Waals surface area contributed by atoms with Crippen molar-refractivity contribution < 1.29 is 4.79 Å². The fourth-order valence-corrected chi connectivity index (χ4v) is 2.72. The highest BCUT2D eigenvalue weighted by molar-refractivity contribution is 5.95. The number of hydrogen-bond donors (Lipinski definition) is 2. The summed E-state index contributed by atoms with van der Waals surface area (Å²) in [5, 5.41) is 17.0. The normalized spacial score (nSPS) is 11.9. The van der Waals surface area contributed by atoms with Gasteiger partial charge in [-0.2, -0.15) is 5.21 Å². The lowest BCUT2D eigenvalue weighted by Gasteiger charge is -2.14. The van der Waals surface area contributed by atoms with E-state index >= 15 is 0 Å². The number of aryl methyl sites for hydroxylation is 2. The van der Waals surface area contributed by atoms with Crippen LogP contribution in [0, 0.1) is 6.92 Å². The first-order valence-electron chi connectivity index (χ1n) is 8.34. The number of tetrazole rings is 1. The van der Waals surface area contributed by atoms with Crippen LogP contribution in [-0.4, -0.2) is 26.5 Å². The second-order valence-electron chi connectivity index (χ2n) is 6.06. The Bertz CT molecular complexity index is 827. The molecule has 1 aromatic heterocycles. The zero-order valence-electron chi connectivity index (χ0n) is 14.4. The van der Waals surface area contributed by atoms with Crippen LogP contribution in [0.3, 0.4) is 0 Å². The summed E-state index contributed by atoms with van der Waals surface area (Å²) >= 11 is 0. The lowest BCUT2D eigenvalue weighted by Crippen LogP contribution is -2.24. The van der Waals surface area contributed by atoms with E-state index in [1.165, 1.54) is 5.56 Å². The van der Waals surface area contributed by atoms with Crippen molar-refractivity contribution in [1.82, 2.24) is 20.6 Å². The number of nitrogens with one attached hydrogen (secondary N) is 2. The van der Waals surface area contributed by atoms with E-state index in [4.69, 9.17) is 0 Å². The van der Waals surface area contributed by atoms with Gasteiger partial charge in [0.25, 0.3) is 0 Å². The molecule has 0 saturated carbocycles. The van der Waals surface area contributed by atoms with E-state index in [9.17, 15) is 4.79 Å². The molecule has 0 unspecified atom stereocenters. The molecule has 128 valence electrons. The molecule has 2 N–H and O–H groups in total. The van der Waals surface area contributed by atoms with Gasteiger partial charge >= 0.3 is 0 Å². The van der Waals surface area contributed by atoms with Gasteiger partial charge in [0.05, 0.1) is 0 Å². The summed E-state index contributed by atoms with van der Waals surface area (Å²) in [6, 6.07) is 16.0. The molecule has 0 saturated heterocycles. The third kappa shape index (κ3) is 4.29. The number of aromatic amines is 1. The number of hydrogen-bond acceptors (Lipinski definition) is 4. The third-order valence-corrected chi connectivity index (χ3v) is 4.15. The van der Waals surface area contributed by atoms with Crippen molar-refractivity contribution in [3.63, 3.8) is 0 Å². The lowest BCUT2D eigenvalue weighted by atomic mass is 9.96. The fraction of sp³-hybridized carbons (Fsp3) is 0.263. The summed E-state index contributed by atoms with van der Waals surface area (Å²) in [6.45, 7) is 4.11. The maximum absolute atomic E-state index is 12.8. The first-order valence-corrected chi connectivity index (χ1v) is 8.34. The van der Waals surface area contributed by atoms with Crippen LogP contribution in [0.2, 0.25) is 0 Å². The van der Waals surface area contributed by atoms with Gasteiger partial charge in [-0.15, -0.1) is 10.2 Å². The lowest BCUT2D eigenvalue weighted by molar-refractivity contribution is -0.117. The van der Waals surface area contributed by atoms with Crippen molar-refractivity contribution in [3.8, 4) is 0 Å². The molecule has 0 aliphatic rings. The van der Waals surface area contributed by atoms with Crippen molar-refractivity contribution in [3.05, 3.63) is 71.0 Å². The Morgan fingerprint density at radius 3 is 2.56 bits per heavy atom. The summed E-state index contributed by atoms with van der Waals surface area (Å²) in [6.07, 6.45) is 1.50. The second kappa shape index (κ2) is 7.70. The highest BCUT2D eigenvalue weighted by atomic mass is 16.1. The molecule has 0 spiro atoms. The Labute approximate surface area is 146 Å². The van der Waals surface area contributed by atoms with Crippen molar-refractivity contribution >= 4 is 11.6 Å². The van der Waals surface area contributed by atoms with Gasteiger partial charge in [-0.05, 0) is 48.6 Å². The van der Waals surface area contributed by atoms with E-state index in [1.54, 1.807) is 0 Å². The number of rotatable bonds is 6. The van der Waals surface area contributed by atoms with E-state index in [2.05, 4.69) is 45.0 Å². The van der Waals surface area contributed by atoms with E-state index < -0.39 is 5.92 Å². The van der Waals surface area contributed by atoms with Gasteiger partial charge in [0.1, 0.15) is 5.92 Å². The molecule has 3 rings (SSSR count). The van der Waals surface area contributed by atoms with E-state index in [-0.39, 0.29) is 5.91 Å². The van der Waals surface area contributed by atoms with Crippen molar-refractivity contribution in [2.45, 2.75) is 32.6 Å². The molecular formula is C19H21N5O. The number of aromatic nitrogens is 4. The highest BCUT2D eigenvalue weighted by Gasteiger charge is 2.25. The minimum atomic E-state index is -0.508.